The van der Waals surface area contributed by atoms with Gasteiger partial charge in [0.25, 0.3) is 0 Å². The second-order valence-corrected chi connectivity index (χ2v) is 4.96. The zero-order valence-corrected chi connectivity index (χ0v) is 11.1. The van der Waals surface area contributed by atoms with Crippen LogP contribution < -0.4 is 5.32 Å². The summed E-state index contributed by atoms with van der Waals surface area (Å²) in [7, 11) is 1.30. The number of nitrogens with zero attached hydrogens (tertiary/aromatic N) is 1. The number of esters is 1. The zero-order valence-electron chi connectivity index (χ0n) is 11.1. The Morgan fingerprint density at radius 1 is 1.40 bits per heavy atom. The van der Waals surface area contributed by atoms with Crippen LogP contribution in [0.4, 0.5) is 0 Å². The average molecular weight is 273 g/mol. The van der Waals surface area contributed by atoms with E-state index in [0.717, 1.165) is 11.0 Å². The molecule has 0 spiro atoms. The number of nitrogens with one attached hydrogen (secondary N) is 2. The van der Waals surface area contributed by atoms with Crippen LogP contribution in [0.5, 0.6) is 0 Å². The van der Waals surface area contributed by atoms with Gasteiger partial charge >= 0.3 is 5.97 Å². The third kappa shape index (κ3) is 2.03. The Balaban J connectivity index is 1.67. The maximum atomic E-state index is 12.1. The number of methoxy groups -OCH3 is 1. The summed E-state index contributed by atoms with van der Waals surface area (Å²) >= 11 is 0. The molecular weight excluding hydrogens is 258 g/mol. The number of rotatable bonds is 4. The van der Waals surface area contributed by atoms with E-state index in [0.29, 0.717) is 18.7 Å². The molecule has 1 aliphatic rings. The first kappa shape index (κ1) is 12.7. The van der Waals surface area contributed by atoms with Crippen molar-refractivity contribution in [3.8, 4) is 0 Å². The van der Waals surface area contributed by atoms with Crippen molar-refractivity contribution in [2.75, 3.05) is 7.11 Å². The summed E-state index contributed by atoms with van der Waals surface area (Å²) in [5, 5.41) is 2.74. The van der Waals surface area contributed by atoms with E-state index < -0.39 is 11.4 Å². The molecule has 1 amide bonds. The molecule has 104 valence electrons. The Morgan fingerprint density at radius 3 is 2.80 bits per heavy atom. The third-order valence-corrected chi connectivity index (χ3v) is 3.62. The van der Waals surface area contributed by atoms with E-state index in [2.05, 4.69) is 20.0 Å². The maximum Gasteiger partial charge on any atom is 0.321 e. The van der Waals surface area contributed by atoms with Crippen molar-refractivity contribution >= 4 is 22.9 Å². The number of hydrogen-bond acceptors (Lipinski definition) is 4. The predicted molar refractivity (Wildman–Crippen MR) is 71.6 cm³/mol. The van der Waals surface area contributed by atoms with Crippen molar-refractivity contribution in [2.24, 2.45) is 5.41 Å². The number of aromatic amines is 1. The standard InChI is InChI=1S/C14H15N3O3/c1-20-13(19)14(6-7-14)12(18)15-8-11-16-9-4-2-3-5-10(9)17-11/h2-5H,6-8H2,1H3,(H,15,18)(H,16,17). The summed E-state index contributed by atoms with van der Waals surface area (Å²) in [6.07, 6.45) is 1.09. The fourth-order valence-corrected chi connectivity index (χ4v) is 2.27. The molecule has 3 rings (SSSR count). The molecule has 20 heavy (non-hydrogen) atoms. The van der Waals surface area contributed by atoms with Crippen LogP contribution in [0.1, 0.15) is 18.7 Å². The van der Waals surface area contributed by atoms with Gasteiger partial charge in [-0.25, -0.2) is 4.98 Å². The van der Waals surface area contributed by atoms with Gasteiger partial charge in [-0.05, 0) is 25.0 Å². The van der Waals surface area contributed by atoms with E-state index in [-0.39, 0.29) is 12.5 Å². The minimum atomic E-state index is -0.971. The molecule has 0 aliphatic heterocycles. The highest BCUT2D eigenvalue weighted by molar-refractivity contribution is 6.05. The normalized spacial score (nSPS) is 15.8. The van der Waals surface area contributed by atoms with Crippen LogP contribution in [0.25, 0.3) is 11.0 Å². The molecule has 0 unspecified atom stereocenters. The Hall–Kier alpha value is -2.37. The van der Waals surface area contributed by atoms with Crippen LogP contribution in [0.2, 0.25) is 0 Å². The Morgan fingerprint density at radius 2 is 2.15 bits per heavy atom. The van der Waals surface area contributed by atoms with Gasteiger partial charge in [0.1, 0.15) is 11.2 Å². The summed E-state index contributed by atoms with van der Waals surface area (Å²) in [5.41, 5.74) is 0.803. The van der Waals surface area contributed by atoms with Crippen LogP contribution in [0, 0.1) is 5.41 Å². The van der Waals surface area contributed by atoms with Gasteiger partial charge in [-0.15, -0.1) is 0 Å². The van der Waals surface area contributed by atoms with Gasteiger partial charge in [0, 0.05) is 0 Å². The van der Waals surface area contributed by atoms with Gasteiger partial charge in [0.05, 0.1) is 24.7 Å². The van der Waals surface area contributed by atoms with Gasteiger partial charge in [-0.2, -0.15) is 0 Å². The van der Waals surface area contributed by atoms with Gasteiger partial charge in [-0.3, -0.25) is 9.59 Å². The first-order valence-electron chi connectivity index (χ1n) is 6.46. The largest absolute Gasteiger partial charge is 0.468 e. The van der Waals surface area contributed by atoms with Crippen molar-refractivity contribution in [1.29, 1.82) is 0 Å². The van der Waals surface area contributed by atoms with E-state index in [1.807, 2.05) is 24.3 Å². The summed E-state index contributed by atoms with van der Waals surface area (Å²) in [5.74, 6) is -0.0790. The monoisotopic (exact) mass is 273 g/mol. The van der Waals surface area contributed by atoms with Crippen LogP contribution in [0.15, 0.2) is 24.3 Å². The van der Waals surface area contributed by atoms with Gasteiger partial charge < -0.3 is 15.0 Å². The van der Waals surface area contributed by atoms with Crippen molar-refractivity contribution in [1.82, 2.24) is 15.3 Å². The molecule has 0 saturated heterocycles. The van der Waals surface area contributed by atoms with Crippen molar-refractivity contribution < 1.29 is 14.3 Å². The molecule has 2 N–H and O–H groups in total. The number of fused-ring (bicyclic) bond motifs is 1. The number of para-hydroxylation sites is 2. The number of carbonyl (C=O) groups excluding carboxylic acids is 2. The van der Waals surface area contributed by atoms with E-state index in [9.17, 15) is 9.59 Å². The number of H-pyrrole nitrogens is 1. The second kappa shape index (κ2) is 4.63. The number of hydrogen-bond donors (Lipinski definition) is 2. The highest BCUT2D eigenvalue weighted by atomic mass is 16.5. The highest BCUT2D eigenvalue weighted by Gasteiger charge is 2.57. The van der Waals surface area contributed by atoms with Crippen molar-refractivity contribution in [3.05, 3.63) is 30.1 Å². The van der Waals surface area contributed by atoms with E-state index >= 15 is 0 Å². The number of aromatic nitrogens is 2. The second-order valence-electron chi connectivity index (χ2n) is 4.96. The number of amides is 1. The maximum absolute atomic E-state index is 12.1. The molecular formula is C14H15N3O3. The molecule has 0 radical (unpaired) electrons. The minimum Gasteiger partial charge on any atom is -0.468 e. The highest BCUT2D eigenvalue weighted by Crippen LogP contribution is 2.46. The van der Waals surface area contributed by atoms with Crippen molar-refractivity contribution in [2.45, 2.75) is 19.4 Å². The molecule has 1 aliphatic carbocycles. The Labute approximate surface area is 115 Å². The van der Waals surface area contributed by atoms with E-state index in [1.54, 1.807) is 0 Å². The lowest BCUT2D eigenvalue weighted by Crippen LogP contribution is -2.37. The minimum absolute atomic E-state index is 0.270. The summed E-state index contributed by atoms with van der Waals surface area (Å²) in [6, 6.07) is 7.64. The molecule has 2 aromatic rings. The van der Waals surface area contributed by atoms with E-state index in [1.165, 1.54) is 7.11 Å². The molecule has 6 nitrogen and oxygen atoms in total. The molecule has 1 saturated carbocycles. The van der Waals surface area contributed by atoms with Crippen LogP contribution in [0.3, 0.4) is 0 Å². The fourth-order valence-electron chi connectivity index (χ4n) is 2.27. The first-order valence-corrected chi connectivity index (χ1v) is 6.46. The van der Waals surface area contributed by atoms with Crippen molar-refractivity contribution in [3.63, 3.8) is 0 Å². The molecule has 0 bridgehead atoms. The molecule has 1 aromatic carbocycles. The summed E-state index contributed by atoms with van der Waals surface area (Å²) < 4.78 is 4.68. The number of ether oxygens (including phenoxy) is 1. The number of imidazole rings is 1. The lowest BCUT2D eigenvalue weighted by molar-refractivity contribution is -0.152. The molecule has 1 heterocycles. The lowest BCUT2D eigenvalue weighted by atomic mass is 10.1. The van der Waals surface area contributed by atoms with Crippen LogP contribution in [-0.4, -0.2) is 29.0 Å². The molecule has 0 atom stereocenters. The fraction of sp³-hybridized carbons (Fsp3) is 0.357. The lowest BCUT2D eigenvalue weighted by Gasteiger charge is -2.11. The summed E-state index contributed by atoms with van der Waals surface area (Å²) in [4.78, 5) is 31.1. The van der Waals surface area contributed by atoms with Crippen LogP contribution in [-0.2, 0) is 20.9 Å². The SMILES string of the molecule is COC(=O)C1(C(=O)NCc2nc3ccccc3[nH]2)CC1. The van der Waals surface area contributed by atoms with Crippen LogP contribution >= 0.6 is 0 Å². The zero-order chi connectivity index (χ0) is 14.2. The summed E-state index contributed by atoms with van der Waals surface area (Å²) in [6.45, 7) is 0.270. The van der Waals surface area contributed by atoms with Gasteiger partial charge in [0.15, 0.2) is 0 Å². The number of carbonyl (C=O) groups is 2. The molecule has 1 fully saturated rings. The van der Waals surface area contributed by atoms with Gasteiger partial charge in [-0.1, -0.05) is 12.1 Å². The number of benzene rings is 1. The quantitative estimate of drug-likeness (QED) is 0.646. The molecule has 6 heteroatoms. The third-order valence-electron chi connectivity index (χ3n) is 3.62. The topological polar surface area (TPSA) is 84.1 Å². The Kier molecular flexibility index (Phi) is 2.93. The van der Waals surface area contributed by atoms with E-state index in [4.69, 9.17) is 0 Å². The first-order chi connectivity index (χ1) is 9.65. The smallest absolute Gasteiger partial charge is 0.321 e. The Bertz CT molecular complexity index is 640. The van der Waals surface area contributed by atoms with Gasteiger partial charge in [0.2, 0.25) is 5.91 Å². The molecule has 1 aromatic heterocycles. The predicted octanol–water partition coefficient (Wildman–Crippen LogP) is 1.13. The average Bonchev–Trinajstić information content (AvgIpc) is 3.18.